The maximum absolute atomic E-state index is 9.26. The van der Waals surface area contributed by atoms with E-state index in [4.69, 9.17) is 0 Å². The number of aldehydes is 1. The zero-order valence-electron chi connectivity index (χ0n) is 3.01. The van der Waals surface area contributed by atoms with Crippen LogP contribution in [0, 0.1) is 0 Å². The van der Waals surface area contributed by atoms with Crippen LogP contribution in [0.15, 0.2) is 4.99 Å². The first-order valence-electron chi connectivity index (χ1n) is 1.27. The van der Waals surface area contributed by atoms with E-state index in [9.17, 15) is 4.79 Å². The third-order valence-corrected chi connectivity index (χ3v) is 0.210. The number of hydrogen-bond acceptors (Lipinski definition) is 2. The molecule has 0 amide bonds. The first-order chi connectivity index (χ1) is 2.41. The molecule has 0 spiro atoms. The van der Waals surface area contributed by atoms with Gasteiger partial charge in [0.1, 0.15) is 0 Å². The highest BCUT2D eigenvalue weighted by Crippen LogP contribution is 1.38. The second-order valence-corrected chi connectivity index (χ2v) is 0.543. The van der Waals surface area contributed by atoms with Crippen LogP contribution < -0.4 is 0 Å². The van der Waals surface area contributed by atoms with Crippen LogP contribution in [-0.2, 0) is 4.79 Å². The Labute approximate surface area is 30.5 Å². The van der Waals surface area contributed by atoms with Gasteiger partial charge in [0.15, 0.2) is 6.29 Å². The number of nitrogens with zero attached hydrogens (tertiary/aromatic N) is 1. The second kappa shape index (κ2) is 3.34. The van der Waals surface area contributed by atoms with Gasteiger partial charge in [0.05, 0.1) is 6.21 Å². The van der Waals surface area contributed by atoms with E-state index in [1.807, 2.05) is 0 Å². The predicted octanol–water partition coefficient (Wildman–Crippen LogP) is -0.114. The SMILES string of the molecule is CN=CC=O. The molecule has 0 aliphatic rings. The smallest absolute Gasteiger partial charge is 0.160 e. The van der Waals surface area contributed by atoms with Gasteiger partial charge in [-0.05, 0) is 0 Å². The van der Waals surface area contributed by atoms with Crippen LogP contribution in [0.1, 0.15) is 0 Å². The van der Waals surface area contributed by atoms with E-state index in [0.29, 0.717) is 6.29 Å². The molecule has 2 nitrogen and oxygen atoms in total. The topological polar surface area (TPSA) is 29.4 Å². The molecule has 5 heavy (non-hydrogen) atoms. The largest absolute Gasteiger partial charge is 0.297 e. The van der Waals surface area contributed by atoms with Crippen LogP contribution in [0.2, 0.25) is 0 Å². The van der Waals surface area contributed by atoms with Crippen LogP contribution in [0.5, 0.6) is 0 Å². The monoisotopic (exact) mass is 71.0 g/mol. The first-order valence-corrected chi connectivity index (χ1v) is 1.27. The van der Waals surface area contributed by atoms with Crippen molar-refractivity contribution >= 4 is 12.5 Å². The molecular formula is C3H5NO. The molecule has 0 heterocycles. The quantitative estimate of drug-likeness (QED) is 0.313. The molecular weight excluding hydrogens is 66.0 g/mol. The van der Waals surface area contributed by atoms with Crippen molar-refractivity contribution in [2.45, 2.75) is 0 Å². The fraction of sp³-hybridized carbons (Fsp3) is 0.333. The maximum atomic E-state index is 9.26. The van der Waals surface area contributed by atoms with Crippen molar-refractivity contribution in [3.8, 4) is 0 Å². The number of hydrogen-bond donors (Lipinski definition) is 0. The summed E-state index contributed by atoms with van der Waals surface area (Å²) >= 11 is 0. The fourth-order valence-corrected chi connectivity index (χ4v) is 0.0609. The minimum absolute atomic E-state index is 0.639. The highest BCUT2D eigenvalue weighted by atomic mass is 16.1. The highest BCUT2D eigenvalue weighted by Gasteiger charge is 1.48. The fourth-order valence-electron chi connectivity index (χ4n) is 0.0609. The maximum Gasteiger partial charge on any atom is 0.160 e. The molecule has 0 rings (SSSR count). The lowest BCUT2D eigenvalue weighted by molar-refractivity contribution is -0.102. The average molecular weight is 71.1 g/mol. The van der Waals surface area contributed by atoms with Gasteiger partial charge < -0.3 is 0 Å². The summed E-state index contributed by atoms with van der Waals surface area (Å²) < 4.78 is 0. The Kier molecular flexibility index (Phi) is 2.90. The zero-order valence-corrected chi connectivity index (χ0v) is 3.01. The Morgan fingerprint density at radius 1 is 1.80 bits per heavy atom. The molecule has 0 atom stereocenters. The molecule has 0 aromatic carbocycles. The lowest BCUT2D eigenvalue weighted by Crippen LogP contribution is -1.66. The van der Waals surface area contributed by atoms with Crippen molar-refractivity contribution in [1.82, 2.24) is 0 Å². The van der Waals surface area contributed by atoms with Crippen molar-refractivity contribution in [3.05, 3.63) is 0 Å². The third-order valence-electron chi connectivity index (χ3n) is 0.210. The van der Waals surface area contributed by atoms with Crippen LogP contribution in [-0.4, -0.2) is 19.5 Å². The van der Waals surface area contributed by atoms with Gasteiger partial charge in [-0.2, -0.15) is 0 Å². The van der Waals surface area contributed by atoms with Crippen molar-refractivity contribution in [2.24, 2.45) is 4.99 Å². The average Bonchev–Trinajstić information content (AvgIpc) is 1.41. The Balaban J connectivity index is 2.92. The van der Waals surface area contributed by atoms with Gasteiger partial charge in [0.25, 0.3) is 0 Å². The molecule has 0 aliphatic heterocycles. The molecule has 0 saturated heterocycles. The summed E-state index contributed by atoms with van der Waals surface area (Å²) in [6, 6.07) is 0. The van der Waals surface area contributed by atoms with Crippen LogP contribution in [0.3, 0.4) is 0 Å². The molecule has 0 fully saturated rings. The normalized spacial score (nSPS) is 9.00. The zero-order chi connectivity index (χ0) is 4.12. The van der Waals surface area contributed by atoms with Crippen molar-refractivity contribution in [3.63, 3.8) is 0 Å². The first kappa shape index (κ1) is 4.34. The summed E-state index contributed by atoms with van der Waals surface area (Å²) in [4.78, 5) is 12.6. The molecule has 0 radical (unpaired) electrons. The standard InChI is InChI=1S/C3H5NO/c1-4-2-3-5/h2-3H,1H3. The summed E-state index contributed by atoms with van der Waals surface area (Å²) in [6.45, 7) is 0. The minimum Gasteiger partial charge on any atom is -0.297 e. The molecule has 2 heteroatoms. The molecule has 28 valence electrons. The number of carbonyl (C=O) groups excluding carboxylic acids is 1. The number of rotatable bonds is 1. The predicted molar refractivity (Wildman–Crippen MR) is 20.5 cm³/mol. The van der Waals surface area contributed by atoms with Gasteiger partial charge in [-0.15, -0.1) is 0 Å². The summed E-state index contributed by atoms with van der Waals surface area (Å²) in [5.41, 5.74) is 0. The molecule has 0 saturated carbocycles. The van der Waals surface area contributed by atoms with E-state index >= 15 is 0 Å². The minimum atomic E-state index is 0.639. The summed E-state index contributed by atoms with van der Waals surface area (Å²) in [6.07, 6.45) is 1.83. The third kappa shape index (κ3) is 3.34. The Hall–Kier alpha value is -0.660. The number of aliphatic imine (C=N–C) groups is 1. The Morgan fingerprint density at radius 2 is 2.40 bits per heavy atom. The lowest BCUT2D eigenvalue weighted by Gasteiger charge is -1.54. The van der Waals surface area contributed by atoms with Crippen molar-refractivity contribution in [2.75, 3.05) is 7.05 Å². The van der Waals surface area contributed by atoms with Crippen LogP contribution >= 0.6 is 0 Å². The van der Waals surface area contributed by atoms with Crippen molar-refractivity contribution in [1.29, 1.82) is 0 Å². The summed E-state index contributed by atoms with van der Waals surface area (Å²) in [7, 11) is 1.55. The van der Waals surface area contributed by atoms with E-state index in [1.165, 1.54) is 6.21 Å². The second-order valence-electron chi connectivity index (χ2n) is 0.543. The Bertz CT molecular complexity index is 48.9. The van der Waals surface area contributed by atoms with Gasteiger partial charge in [0.2, 0.25) is 0 Å². The van der Waals surface area contributed by atoms with Gasteiger partial charge in [0, 0.05) is 7.05 Å². The van der Waals surface area contributed by atoms with E-state index in [2.05, 4.69) is 4.99 Å². The van der Waals surface area contributed by atoms with E-state index < -0.39 is 0 Å². The molecule has 0 N–H and O–H groups in total. The molecule has 0 unspecified atom stereocenters. The molecule has 0 aliphatic carbocycles. The van der Waals surface area contributed by atoms with Gasteiger partial charge in [-0.25, -0.2) is 0 Å². The molecule has 0 aromatic heterocycles. The summed E-state index contributed by atoms with van der Waals surface area (Å²) in [5.74, 6) is 0. The van der Waals surface area contributed by atoms with Gasteiger partial charge in [-0.3, -0.25) is 9.79 Å². The Morgan fingerprint density at radius 3 is 2.40 bits per heavy atom. The number of carbonyl (C=O) groups is 1. The summed E-state index contributed by atoms with van der Waals surface area (Å²) in [5, 5.41) is 0. The highest BCUT2D eigenvalue weighted by molar-refractivity contribution is 6.12. The van der Waals surface area contributed by atoms with Crippen LogP contribution in [0.4, 0.5) is 0 Å². The van der Waals surface area contributed by atoms with Crippen molar-refractivity contribution < 1.29 is 4.79 Å². The van der Waals surface area contributed by atoms with Gasteiger partial charge >= 0.3 is 0 Å². The van der Waals surface area contributed by atoms with E-state index in [-0.39, 0.29) is 0 Å². The van der Waals surface area contributed by atoms with Gasteiger partial charge in [-0.1, -0.05) is 0 Å². The molecule has 0 bridgehead atoms. The lowest BCUT2D eigenvalue weighted by atomic mass is 10.9. The molecule has 0 aromatic rings. The van der Waals surface area contributed by atoms with E-state index in [0.717, 1.165) is 0 Å². The van der Waals surface area contributed by atoms with Crippen LogP contribution in [0.25, 0.3) is 0 Å². The van der Waals surface area contributed by atoms with E-state index in [1.54, 1.807) is 7.05 Å².